The average molecular weight is 368 g/mol. The van der Waals surface area contributed by atoms with Gasteiger partial charge in [0.25, 0.3) is 5.91 Å². The number of amides is 1. The summed E-state index contributed by atoms with van der Waals surface area (Å²) in [5, 5.41) is 2.96. The van der Waals surface area contributed by atoms with Gasteiger partial charge in [-0.05, 0) is 43.5 Å². The lowest BCUT2D eigenvalue weighted by Crippen LogP contribution is -3.12. The first kappa shape index (κ1) is 18.8. The molecule has 1 unspecified atom stereocenters. The van der Waals surface area contributed by atoms with Crippen LogP contribution in [-0.4, -0.2) is 25.3 Å². The SMILES string of the molecule is CSc1ccc(C[NH+](C)[C@@H](C)C(=O)Nc2ccc(F)cc2Cl)cc1. The Bertz CT molecular complexity index is 709. The van der Waals surface area contributed by atoms with Gasteiger partial charge < -0.3 is 10.2 Å². The highest BCUT2D eigenvalue weighted by Gasteiger charge is 2.22. The molecule has 2 N–H and O–H groups in total. The van der Waals surface area contributed by atoms with Crippen LogP contribution in [0.25, 0.3) is 0 Å². The van der Waals surface area contributed by atoms with Gasteiger partial charge in [-0.25, -0.2) is 4.39 Å². The third kappa shape index (κ3) is 4.97. The van der Waals surface area contributed by atoms with Crippen molar-refractivity contribution in [3.63, 3.8) is 0 Å². The Morgan fingerprint density at radius 3 is 2.54 bits per heavy atom. The van der Waals surface area contributed by atoms with E-state index in [9.17, 15) is 9.18 Å². The van der Waals surface area contributed by atoms with E-state index in [1.165, 1.54) is 28.7 Å². The number of likely N-dealkylation sites (N-methyl/N-ethyl adjacent to an activating group) is 1. The lowest BCUT2D eigenvalue weighted by molar-refractivity contribution is -0.907. The van der Waals surface area contributed by atoms with Crippen molar-refractivity contribution in [1.82, 2.24) is 0 Å². The molecule has 2 aromatic rings. The van der Waals surface area contributed by atoms with Crippen LogP contribution in [0.5, 0.6) is 0 Å². The predicted molar refractivity (Wildman–Crippen MR) is 98.3 cm³/mol. The molecule has 0 aliphatic rings. The van der Waals surface area contributed by atoms with Crippen molar-refractivity contribution >= 4 is 35.0 Å². The zero-order chi connectivity index (χ0) is 17.7. The Balaban J connectivity index is 1.98. The lowest BCUT2D eigenvalue weighted by Gasteiger charge is -2.21. The zero-order valence-electron chi connectivity index (χ0n) is 13.9. The molecule has 0 heterocycles. The van der Waals surface area contributed by atoms with Crippen molar-refractivity contribution in [2.75, 3.05) is 18.6 Å². The molecule has 128 valence electrons. The molecule has 3 nitrogen and oxygen atoms in total. The van der Waals surface area contributed by atoms with Crippen LogP contribution in [0.15, 0.2) is 47.4 Å². The molecule has 0 aliphatic carbocycles. The number of halogens is 2. The Labute approximate surface area is 151 Å². The second-order valence-electron chi connectivity index (χ2n) is 5.71. The van der Waals surface area contributed by atoms with Gasteiger partial charge in [0.1, 0.15) is 12.4 Å². The van der Waals surface area contributed by atoms with Crippen molar-refractivity contribution in [1.29, 1.82) is 0 Å². The van der Waals surface area contributed by atoms with Crippen molar-refractivity contribution in [2.24, 2.45) is 0 Å². The van der Waals surface area contributed by atoms with Crippen LogP contribution < -0.4 is 10.2 Å². The highest BCUT2D eigenvalue weighted by Crippen LogP contribution is 2.22. The molecule has 24 heavy (non-hydrogen) atoms. The Kier molecular flexibility index (Phi) is 6.66. The molecular formula is C18H21ClFN2OS+. The summed E-state index contributed by atoms with van der Waals surface area (Å²) in [6.07, 6.45) is 2.04. The van der Waals surface area contributed by atoms with Gasteiger partial charge in [0.15, 0.2) is 6.04 Å². The smallest absolute Gasteiger partial charge is 0.282 e. The molecule has 0 fully saturated rings. The molecule has 0 spiro atoms. The van der Waals surface area contributed by atoms with E-state index in [0.717, 1.165) is 11.4 Å². The van der Waals surface area contributed by atoms with Gasteiger partial charge in [-0.3, -0.25) is 4.79 Å². The van der Waals surface area contributed by atoms with Crippen LogP contribution in [0.1, 0.15) is 12.5 Å². The first-order valence-electron chi connectivity index (χ1n) is 7.62. The summed E-state index contributed by atoms with van der Waals surface area (Å²) in [5.74, 6) is -0.579. The summed E-state index contributed by atoms with van der Waals surface area (Å²) in [7, 11) is 1.97. The van der Waals surface area contributed by atoms with E-state index < -0.39 is 5.82 Å². The van der Waals surface area contributed by atoms with Crippen LogP contribution in [0.3, 0.4) is 0 Å². The molecule has 1 amide bonds. The van der Waals surface area contributed by atoms with Gasteiger partial charge in [0.2, 0.25) is 0 Å². The second kappa shape index (κ2) is 8.51. The number of benzene rings is 2. The fourth-order valence-corrected chi connectivity index (χ4v) is 2.90. The first-order valence-corrected chi connectivity index (χ1v) is 9.22. The molecule has 0 aliphatic heterocycles. The quantitative estimate of drug-likeness (QED) is 0.768. The van der Waals surface area contributed by atoms with Crippen LogP contribution in [-0.2, 0) is 11.3 Å². The summed E-state index contributed by atoms with van der Waals surface area (Å²) in [6.45, 7) is 2.60. The molecule has 0 saturated heterocycles. The molecule has 2 atom stereocenters. The molecule has 2 rings (SSSR count). The van der Waals surface area contributed by atoms with Crippen molar-refractivity contribution < 1.29 is 14.1 Å². The number of thioether (sulfide) groups is 1. The summed E-state index contributed by atoms with van der Waals surface area (Å²) in [4.78, 5) is 14.7. The van der Waals surface area contributed by atoms with Crippen molar-refractivity contribution in [3.8, 4) is 0 Å². The summed E-state index contributed by atoms with van der Waals surface area (Å²) < 4.78 is 13.1. The van der Waals surface area contributed by atoms with Crippen LogP contribution in [0.4, 0.5) is 10.1 Å². The monoisotopic (exact) mass is 367 g/mol. The number of quaternary nitrogens is 1. The minimum Gasteiger partial charge on any atom is -0.324 e. The normalized spacial score (nSPS) is 13.4. The molecule has 6 heteroatoms. The standard InChI is InChI=1S/C18H20ClFN2OS/c1-12(18(23)21-17-9-6-14(20)10-16(17)19)22(2)11-13-4-7-15(24-3)8-5-13/h4-10,12H,11H2,1-3H3,(H,21,23)/p+1/t12-/m0/s1. The van der Waals surface area contributed by atoms with Gasteiger partial charge in [-0.1, -0.05) is 23.7 Å². The van der Waals surface area contributed by atoms with Crippen molar-refractivity contribution in [3.05, 3.63) is 58.9 Å². The van der Waals surface area contributed by atoms with Crippen LogP contribution >= 0.6 is 23.4 Å². The molecule has 0 bridgehead atoms. The molecular weight excluding hydrogens is 347 g/mol. The third-order valence-electron chi connectivity index (χ3n) is 3.96. The van der Waals surface area contributed by atoms with E-state index in [4.69, 9.17) is 11.6 Å². The summed E-state index contributed by atoms with van der Waals surface area (Å²) in [5.41, 5.74) is 1.59. The van der Waals surface area contributed by atoms with E-state index >= 15 is 0 Å². The van der Waals surface area contributed by atoms with Crippen molar-refractivity contribution in [2.45, 2.75) is 24.4 Å². The van der Waals surface area contributed by atoms with Gasteiger partial charge >= 0.3 is 0 Å². The minimum absolute atomic E-state index is 0.151. The number of carbonyl (C=O) groups is 1. The van der Waals surface area contributed by atoms with E-state index in [1.807, 2.05) is 20.2 Å². The fourth-order valence-electron chi connectivity index (χ4n) is 2.27. The van der Waals surface area contributed by atoms with E-state index in [-0.39, 0.29) is 17.0 Å². The third-order valence-corrected chi connectivity index (χ3v) is 5.02. The second-order valence-corrected chi connectivity index (χ2v) is 6.99. The van der Waals surface area contributed by atoms with Crippen LogP contribution in [0.2, 0.25) is 5.02 Å². The maximum atomic E-state index is 13.1. The zero-order valence-corrected chi connectivity index (χ0v) is 15.5. The minimum atomic E-state index is -0.428. The number of rotatable bonds is 6. The highest BCUT2D eigenvalue weighted by molar-refractivity contribution is 7.98. The van der Waals surface area contributed by atoms with Gasteiger partial charge in [-0.15, -0.1) is 11.8 Å². The number of anilines is 1. The largest absolute Gasteiger partial charge is 0.324 e. The maximum absolute atomic E-state index is 13.1. The Morgan fingerprint density at radius 2 is 1.96 bits per heavy atom. The lowest BCUT2D eigenvalue weighted by atomic mass is 10.2. The van der Waals surface area contributed by atoms with Gasteiger partial charge in [0, 0.05) is 10.5 Å². The topological polar surface area (TPSA) is 33.5 Å². The molecule has 2 aromatic carbocycles. The fraction of sp³-hybridized carbons (Fsp3) is 0.278. The van der Waals surface area contributed by atoms with E-state index in [2.05, 4.69) is 29.6 Å². The maximum Gasteiger partial charge on any atom is 0.282 e. The number of hydrogen-bond donors (Lipinski definition) is 2. The Hall–Kier alpha value is -1.56. The average Bonchev–Trinajstić information content (AvgIpc) is 2.57. The van der Waals surface area contributed by atoms with E-state index in [1.54, 1.807) is 11.8 Å². The van der Waals surface area contributed by atoms with Gasteiger partial charge in [-0.2, -0.15) is 0 Å². The first-order chi connectivity index (χ1) is 11.4. The molecule has 0 radical (unpaired) electrons. The predicted octanol–water partition coefficient (Wildman–Crippen LogP) is 3.24. The summed E-state index contributed by atoms with van der Waals surface area (Å²) >= 11 is 7.65. The number of nitrogens with one attached hydrogen (secondary N) is 2. The Morgan fingerprint density at radius 1 is 1.29 bits per heavy atom. The molecule has 0 aromatic heterocycles. The molecule has 0 saturated carbocycles. The number of carbonyl (C=O) groups excluding carboxylic acids is 1. The summed E-state index contributed by atoms with van der Waals surface area (Å²) in [6, 6.07) is 12.0. The number of hydrogen-bond acceptors (Lipinski definition) is 2. The highest BCUT2D eigenvalue weighted by atomic mass is 35.5. The van der Waals surface area contributed by atoms with Crippen LogP contribution in [0, 0.1) is 5.82 Å². The van der Waals surface area contributed by atoms with E-state index in [0.29, 0.717) is 5.69 Å². The van der Waals surface area contributed by atoms with Gasteiger partial charge in [0.05, 0.1) is 17.8 Å².